The van der Waals surface area contributed by atoms with Crippen molar-refractivity contribution in [1.82, 2.24) is 9.47 Å². The van der Waals surface area contributed by atoms with Crippen molar-refractivity contribution >= 4 is 42.2 Å². The quantitative estimate of drug-likeness (QED) is 0.241. The molecule has 1 aromatic heterocycles. The van der Waals surface area contributed by atoms with Crippen LogP contribution >= 0.6 is 22.6 Å². The van der Waals surface area contributed by atoms with E-state index in [2.05, 4.69) is 22.6 Å². The van der Waals surface area contributed by atoms with Crippen LogP contribution in [0.4, 0.5) is 4.79 Å². The Morgan fingerprint density at radius 2 is 2.14 bits per heavy atom. The second kappa shape index (κ2) is 6.38. The summed E-state index contributed by atoms with van der Waals surface area (Å²) in [6.07, 6.45) is 3.00. The van der Waals surface area contributed by atoms with Gasteiger partial charge < -0.3 is 0 Å². The van der Waals surface area contributed by atoms with E-state index in [4.69, 9.17) is 0 Å². The minimum absolute atomic E-state index is 0.145. The summed E-state index contributed by atoms with van der Waals surface area (Å²) in [4.78, 5) is 27.8. The molecule has 0 aliphatic carbocycles. The van der Waals surface area contributed by atoms with E-state index < -0.39 is 35.8 Å². The molecular weight excluding hydrogens is 534 g/mol. The Kier molecular flexibility index (Phi) is 5.27. The number of aromatic nitrogens is 1. The number of fused-ring (bicyclic) bond motifs is 1. The predicted molar refractivity (Wildman–Crippen MR) is 87.1 cm³/mol. The van der Waals surface area contributed by atoms with E-state index in [0.717, 1.165) is 15.5 Å². The first kappa shape index (κ1) is 18.2. The van der Waals surface area contributed by atoms with Crippen LogP contribution in [0, 0.1) is 3.57 Å². The average Bonchev–Trinajstić information content (AvgIpc) is 2.92. The van der Waals surface area contributed by atoms with Crippen LogP contribution in [0.25, 0.3) is 0 Å². The van der Waals surface area contributed by atoms with Gasteiger partial charge in [0.05, 0.1) is 0 Å². The molecule has 0 spiro atoms. The van der Waals surface area contributed by atoms with E-state index in [0.29, 0.717) is 6.54 Å². The molecular formula is C13H17I2N2O4S-. The van der Waals surface area contributed by atoms with Gasteiger partial charge in [0.15, 0.2) is 0 Å². The van der Waals surface area contributed by atoms with E-state index in [-0.39, 0.29) is 22.8 Å². The second-order valence-corrected chi connectivity index (χ2v) is 11.2. The van der Waals surface area contributed by atoms with Crippen LogP contribution < -0.4 is 21.2 Å². The molecule has 0 aromatic carbocycles. The Morgan fingerprint density at radius 3 is 2.64 bits per heavy atom. The van der Waals surface area contributed by atoms with Gasteiger partial charge in [-0.15, -0.1) is 0 Å². The van der Waals surface area contributed by atoms with Crippen molar-refractivity contribution in [3.63, 3.8) is 0 Å². The minimum atomic E-state index is -3.51. The maximum absolute atomic E-state index is 12.3. The molecule has 1 aromatic rings. The fourth-order valence-corrected chi connectivity index (χ4v) is 6.86. The Morgan fingerprint density at radius 1 is 1.50 bits per heavy atom. The molecule has 0 radical (unpaired) electrons. The van der Waals surface area contributed by atoms with Crippen molar-refractivity contribution in [2.24, 2.45) is 0 Å². The maximum atomic E-state index is 12.3. The molecule has 0 N–H and O–H groups in total. The van der Waals surface area contributed by atoms with Crippen LogP contribution in [0.2, 0.25) is 0 Å². The van der Waals surface area contributed by atoms with Gasteiger partial charge in [0.1, 0.15) is 0 Å². The fraction of sp³-hybridized carbons (Fsp3) is 0.538. The Bertz CT molecular complexity index is 728. The SMILES string of the molecule is C[I-]C(=O)[C@@](C)(CCN1Cc2cc(I)cn2C1=O)S(C)(=O)=O. The molecule has 0 saturated heterocycles. The molecule has 1 amide bonds. The van der Waals surface area contributed by atoms with Crippen molar-refractivity contribution in [3.8, 4) is 0 Å². The number of rotatable bonds is 6. The topological polar surface area (TPSA) is 76.5 Å². The van der Waals surface area contributed by atoms with Gasteiger partial charge in [-0.25, -0.2) is 0 Å². The molecule has 1 aliphatic rings. The summed E-state index contributed by atoms with van der Waals surface area (Å²) in [5.74, 6) is 0. The van der Waals surface area contributed by atoms with Crippen molar-refractivity contribution < 1.29 is 39.2 Å². The van der Waals surface area contributed by atoms with Crippen LogP contribution in [-0.4, -0.2) is 50.2 Å². The molecule has 9 heteroatoms. The van der Waals surface area contributed by atoms with Crippen molar-refractivity contribution in [2.45, 2.75) is 24.6 Å². The molecule has 1 aliphatic heterocycles. The van der Waals surface area contributed by atoms with Gasteiger partial charge in [-0.1, -0.05) is 0 Å². The zero-order valence-electron chi connectivity index (χ0n) is 12.5. The average molecular weight is 551 g/mol. The Hall–Kier alpha value is -0.170. The molecule has 124 valence electrons. The molecule has 0 bridgehead atoms. The van der Waals surface area contributed by atoms with Gasteiger partial charge in [-0.2, -0.15) is 0 Å². The van der Waals surface area contributed by atoms with Crippen molar-refractivity contribution in [2.75, 3.05) is 17.7 Å². The number of nitrogens with zero attached hydrogens (tertiary/aromatic N) is 2. The van der Waals surface area contributed by atoms with Crippen LogP contribution in [0.1, 0.15) is 19.0 Å². The standard InChI is InChI=1S/C13H17I2N2O4S/c1-13(11(18)15-2,22(3,20)21)4-5-16-8-10-6-9(14)7-17(10)12(16)19/h6-7H,4-5,8H2,1-3H3/q-1/t13-/m1/s1. The summed E-state index contributed by atoms with van der Waals surface area (Å²) < 4.78 is 25.1. The summed E-state index contributed by atoms with van der Waals surface area (Å²) in [5, 5.41) is 0. The van der Waals surface area contributed by atoms with Gasteiger partial charge >= 0.3 is 155 Å². The molecule has 0 saturated carbocycles. The fourth-order valence-electron chi connectivity index (χ4n) is 2.34. The molecule has 22 heavy (non-hydrogen) atoms. The number of carbonyl (C=O) groups is 2. The van der Waals surface area contributed by atoms with Gasteiger partial charge in [-0.05, 0) is 0 Å². The molecule has 2 rings (SSSR count). The number of sulfone groups is 1. The summed E-state index contributed by atoms with van der Waals surface area (Å²) in [7, 11) is -3.51. The molecule has 2 heterocycles. The van der Waals surface area contributed by atoms with Gasteiger partial charge in [0, 0.05) is 0 Å². The van der Waals surface area contributed by atoms with E-state index in [1.165, 1.54) is 6.92 Å². The van der Waals surface area contributed by atoms with E-state index in [1.54, 1.807) is 20.6 Å². The van der Waals surface area contributed by atoms with Crippen LogP contribution in [0.5, 0.6) is 0 Å². The first-order chi connectivity index (χ1) is 10.1. The number of alkyl halides is 1. The van der Waals surface area contributed by atoms with Gasteiger partial charge in [-0.3, -0.25) is 0 Å². The number of halogens is 2. The third-order valence-electron chi connectivity index (χ3n) is 3.96. The van der Waals surface area contributed by atoms with E-state index in [9.17, 15) is 18.0 Å². The molecule has 6 nitrogen and oxygen atoms in total. The second-order valence-electron chi connectivity index (χ2n) is 5.44. The number of amides is 1. The third-order valence-corrected chi connectivity index (χ3v) is 9.11. The number of carbonyl (C=O) groups excluding carboxylic acids is 2. The van der Waals surface area contributed by atoms with Gasteiger partial charge in [0.2, 0.25) is 0 Å². The van der Waals surface area contributed by atoms with E-state index in [1.807, 2.05) is 6.07 Å². The van der Waals surface area contributed by atoms with Crippen LogP contribution in [-0.2, 0) is 21.2 Å². The summed E-state index contributed by atoms with van der Waals surface area (Å²) in [6.45, 7) is 2.20. The molecule has 0 fully saturated rings. The zero-order valence-corrected chi connectivity index (χ0v) is 17.6. The van der Waals surface area contributed by atoms with Gasteiger partial charge in [0.25, 0.3) is 0 Å². The van der Waals surface area contributed by atoms with Crippen molar-refractivity contribution in [3.05, 3.63) is 21.5 Å². The molecule has 0 unspecified atom stereocenters. The van der Waals surface area contributed by atoms with Crippen LogP contribution in [0.3, 0.4) is 0 Å². The monoisotopic (exact) mass is 551 g/mol. The van der Waals surface area contributed by atoms with E-state index >= 15 is 0 Å². The number of hydrogen-bond donors (Lipinski definition) is 0. The summed E-state index contributed by atoms with van der Waals surface area (Å²) >= 11 is 1.33. The normalized spacial score (nSPS) is 17.6. The van der Waals surface area contributed by atoms with Crippen LogP contribution in [0.15, 0.2) is 12.3 Å². The van der Waals surface area contributed by atoms with Crippen molar-refractivity contribution in [1.29, 1.82) is 0 Å². The zero-order chi connectivity index (χ0) is 16.7. The molecule has 1 atom stereocenters. The first-order valence-electron chi connectivity index (χ1n) is 6.49. The number of hydrogen-bond acceptors (Lipinski definition) is 4. The summed E-state index contributed by atoms with van der Waals surface area (Å²) in [6, 6.07) is 1.77. The first-order valence-corrected chi connectivity index (χ1v) is 12.7. The Labute approximate surface area is 153 Å². The Balaban J connectivity index is 2.14. The predicted octanol–water partition coefficient (Wildman–Crippen LogP) is -1.68. The third kappa shape index (κ3) is 3.21. The summed E-state index contributed by atoms with van der Waals surface area (Å²) in [5.41, 5.74) is 0.893.